The molecule has 0 radical (unpaired) electrons. The summed E-state index contributed by atoms with van der Waals surface area (Å²) in [6.45, 7) is 2.75. The summed E-state index contributed by atoms with van der Waals surface area (Å²) in [6, 6.07) is 16.0. The van der Waals surface area contributed by atoms with Gasteiger partial charge in [-0.25, -0.2) is 4.39 Å². The van der Waals surface area contributed by atoms with Crippen LogP contribution in [0.4, 0.5) is 15.8 Å². The molecule has 27 heavy (non-hydrogen) atoms. The molecule has 0 saturated heterocycles. The van der Waals surface area contributed by atoms with E-state index >= 15 is 0 Å². The zero-order valence-corrected chi connectivity index (χ0v) is 15.2. The molecule has 1 aromatic heterocycles. The van der Waals surface area contributed by atoms with Gasteiger partial charge in [0.25, 0.3) is 5.91 Å². The molecule has 1 heterocycles. The van der Waals surface area contributed by atoms with Gasteiger partial charge >= 0.3 is 0 Å². The number of halogens is 1. The number of anilines is 2. The third-order valence-corrected chi connectivity index (χ3v) is 4.28. The average Bonchev–Trinajstić information content (AvgIpc) is 2.70. The number of hydrogen-bond donors (Lipinski definition) is 2. The van der Waals surface area contributed by atoms with Gasteiger partial charge in [-0.15, -0.1) is 0 Å². The van der Waals surface area contributed by atoms with E-state index in [1.165, 1.54) is 17.7 Å². The predicted octanol–water partition coefficient (Wildman–Crippen LogP) is 4.69. The van der Waals surface area contributed by atoms with Crippen molar-refractivity contribution >= 4 is 17.3 Å². The van der Waals surface area contributed by atoms with Crippen molar-refractivity contribution in [2.24, 2.45) is 0 Å². The van der Waals surface area contributed by atoms with Crippen LogP contribution in [0.1, 0.15) is 28.4 Å². The molecule has 0 unspecified atom stereocenters. The van der Waals surface area contributed by atoms with Gasteiger partial charge < -0.3 is 10.6 Å². The van der Waals surface area contributed by atoms with E-state index in [0.717, 1.165) is 29.8 Å². The van der Waals surface area contributed by atoms with Crippen molar-refractivity contribution in [1.29, 1.82) is 0 Å². The highest BCUT2D eigenvalue weighted by Gasteiger charge is 2.08. The maximum atomic E-state index is 12.9. The van der Waals surface area contributed by atoms with Gasteiger partial charge in [0.1, 0.15) is 5.82 Å². The van der Waals surface area contributed by atoms with Crippen molar-refractivity contribution < 1.29 is 9.18 Å². The minimum atomic E-state index is -0.237. The number of amides is 1. The zero-order valence-electron chi connectivity index (χ0n) is 15.2. The summed E-state index contributed by atoms with van der Waals surface area (Å²) >= 11 is 0. The lowest BCUT2D eigenvalue weighted by Gasteiger charge is -2.09. The zero-order chi connectivity index (χ0) is 19.1. The lowest BCUT2D eigenvalue weighted by Crippen LogP contribution is -2.13. The second kappa shape index (κ2) is 8.94. The summed E-state index contributed by atoms with van der Waals surface area (Å²) in [5.74, 6) is -0.437. The molecule has 2 N–H and O–H groups in total. The first-order valence-electron chi connectivity index (χ1n) is 8.97. The lowest BCUT2D eigenvalue weighted by atomic mass is 10.1. The van der Waals surface area contributed by atoms with E-state index in [1.54, 1.807) is 30.6 Å². The quantitative estimate of drug-likeness (QED) is 0.640. The van der Waals surface area contributed by atoms with Crippen LogP contribution in [0.25, 0.3) is 0 Å². The van der Waals surface area contributed by atoms with Crippen LogP contribution in [0, 0.1) is 5.82 Å². The van der Waals surface area contributed by atoms with E-state index < -0.39 is 0 Å². The molecule has 0 aliphatic carbocycles. The standard InChI is InChI=1S/C22H22FN3O/c1-2-16-5-9-20(10-6-16)26-22(27)18-13-21(15-24-14-18)25-12-11-17-3-7-19(23)8-4-17/h3-10,13-15,25H,2,11-12H2,1H3,(H,26,27). The van der Waals surface area contributed by atoms with Crippen molar-refractivity contribution in [2.75, 3.05) is 17.2 Å². The predicted molar refractivity (Wildman–Crippen MR) is 107 cm³/mol. The topological polar surface area (TPSA) is 54.0 Å². The Morgan fingerprint density at radius 2 is 1.67 bits per heavy atom. The molecule has 0 atom stereocenters. The molecule has 4 nitrogen and oxygen atoms in total. The van der Waals surface area contributed by atoms with Crippen LogP contribution in [0.3, 0.4) is 0 Å². The first-order chi connectivity index (χ1) is 13.1. The smallest absolute Gasteiger partial charge is 0.257 e. The van der Waals surface area contributed by atoms with Gasteiger partial charge in [-0.1, -0.05) is 31.2 Å². The van der Waals surface area contributed by atoms with Gasteiger partial charge in [-0.3, -0.25) is 9.78 Å². The van der Waals surface area contributed by atoms with Gasteiger partial charge in [0.05, 0.1) is 11.3 Å². The summed E-state index contributed by atoms with van der Waals surface area (Å²) in [5.41, 5.74) is 4.28. The van der Waals surface area contributed by atoms with Crippen molar-refractivity contribution in [3.05, 3.63) is 89.5 Å². The largest absolute Gasteiger partial charge is 0.383 e. The average molecular weight is 363 g/mol. The highest BCUT2D eigenvalue weighted by molar-refractivity contribution is 6.04. The summed E-state index contributed by atoms with van der Waals surface area (Å²) in [7, 11) is 0. The van der Waals surface area contributed by atoms with Crippen LogP contribution in [0.2, 0.25) is 0 Å². The molecule has 0 spiro atoms. The first kappa shape index (κ1) is 18.6. The molecule has 0 bridgehead atoms. The Balaban J connectivity index is 1.57. The van der Waals surface area contributed by atoms with Crippen molar-refractivity contribution in [3.8, 4) is 0 Å². The number of aryl methyl sites for hydroxylation is 1. The third-order valence-electron chi connectivity index (χ3n) is 4.28. The number of benzene rings is 2. The summed E-state index contributed by atoms with van der Waals surface area (Å²) in [5, 5.41) is 6.13. The van der Waals surface area contributed by atoms with E-state index in [0.29, 0.717) is 12.1 Å². The van der Waals surface area contributed by atoms with Crippen LogP contribution >= 0.6 is 0 Å². The van der Waals surface area contributed by atoms with Gasteiger partial charge in [-0.2, -0.15) is 0 Å². The Bertz CT molecular complexity index is 892. The number of aromatic nitrogens is 1. The van der Waals surface area contributed by atoms with E-state index in [1.807, 2.05) is 24.3 Å². The van der Waals surface area contributed by atoms with Crippen molar-refractivity contribution in [2.45, 2.75) is 19.8 Å². The van der Waals surface area contributed by atoms with Crippen molar-refractivity contribution in [3.63, 3.8) is 0 Å². The molecule has 5 heteroatoms. The molecular formula is C22H22FN3O. The molecule has 3 aromatic rings. The Morgan fingerprint density at radius 1 is 0.963 bits per heavy atom. The number of hydrogen-bond acceptors (Lipinski definition) is 3. The fourth-order valence-electron chi connectivity index (χ4n) is 2.69. The monoisotopic (exact) mass is 363 g/mol. The second-order valence-electron chi connectivity index (χ2n) is 6.27. The van der Waals surface area contributed by atoms with Crippen LogP contribution in [-0.4, -0.2) is 17.4 Å². The van der Waals surface area contributed by atoms with Crippen LogP contribution < -0.4 is 10.6 Å². The number of carbonyl (C=O) groups is 1. The lowest BCUT2D eigenvalue weighted by molar-refractivity contribution is 0.102. The van der Waals surface area contributed by atoms with Crippen LogP contribution in [-0.2, 0) is 12.8 Å². The summed E-state index contributed by atoms with van der Waals surface area (Å²) < 4.78 is 12.9. The highest BCUT2D eigenvalue weighted by Crippen LogP contribution is 2.14. The molecule has 138 valence electrons. The molecule has 0 saturated carbocycles. The fourth-order valence-corrected chi connectivity index (χ4v) is 2.69. The molecule has 3 rings (SSSR count). The van der Waals surface area contributed by atoms with Gasteiger partial charge in [-0.05, 0) is 54.3 Å². The third kappa shape index (κ3) is 5.38. The van der Waals surface area contributed by atoms with Gasteiger partial charge in [0.15, 0.2) is 0 Å². The van der Waals surface area contributed by atoms with E-state index in [9.17, 15) is 9.18 Å². The maximum absolute atomic E-state index is 12.9. The SMILES string of the molecule is CCc1ccc(NC(=O)c2cncc(NCCc3ccc(F)cc3)c2)cc1. The normalized spacial score (nSPS) is 10.4. The van der Waals surface area contributed by atoms with Crippen molar-refractivity contribution in [1.82, 2.24) is 4.98 Å². The molecule has 1 amide bonds. The Kier molecular flexibility index (Phi) is 6.15. The number of nitrogens with zero attached hydrogens (tertiary/aromatic N) is 1. The Hall–Kier alpha value is -3.21. The number of rotatable bonds is 7. The molecular weight excluding hydrogens is 341 g/mol. The maximum Gasteiger partial charge on any atom is 0.257 e. The minimum absolute atomic E-state index is 0.200. The Morgan fingerprint density at radius 3 is 2.37 bits per heavy atom. The molecule has 0 aliphatic rings. The molecule has 0 aliphatic heterocycles. The minimum Gasteiger partial charge on any atom is -0.383 e. The van der Waals surface area contributed by atoms with Crippen LogP contribution in [0.5, 0.6) is 0 Å². The number of pyridine rings is 1. The van der Waals surface area contributed by atoms with E-state index in [2.05, 4.69) is 22.5 Å². The summed E-state index contributed by atoms with van der Waals surface area (Å²) in [6.07, 6.45) is 4.93. The number of nitrogens with one attached hydrogen (secondary N) is 2. The van der Waals surface area contributed by atoms with E-state index in [-0.39, 0.29) is 11.7 Å². The molecule has 0 fully saturated rings. The first-order valence-corrected chi connectivity index (χ1v) is 8.97. The van der Waals surface area contributed by atoms with E-state index in [4.69, 9.17) is 0 Å². The summed E-state index contributed by atoms with van der Waals surface area (Å²) in [4.78, 5) is 16.6. The van der Waals surface area contributed by atoms with Gasteiger partial charge in [0.2, 0.25) is 0 Å². The van der Waals surface area contributed by atoms with Gasteiger partial charge in [0, 0.05) is 24.6 Å². The van der Waals surface area contributed by atoms with Crippen LogP contribution in [0.15, 0.2) is 67.0 Å². The fraction of sp³-hybridized carbons (Fsp3) is 0.182. The number of carbonyl (C=O) groups excluding carboxylic acids is 1. The Labute approximate surface area is 158 Å². The molecule has 2 aromatic carbocycles. The highest BCUT2D eigenvalue weighted by atomic mass is 19.1. The second-order valence-corrected chi connectivity index (χ2v) is 6.27.